The van der Waals surface area contributed by atoms with E-state index in [1.807, 2.05) is 25.1 Å². The molecule has 0 radical (unpaired) electrons. The lowest BCUT2D eigenvalue weighted by atomic mass is 9.99. The molecule has 0 saturated heterocycles. The summed E-state index contributed by atoms with van der Waals surface area (Å²) >= 11 is 0. The molecule has 0 aromatic heterocycles. The smallest absolute Gasteiger partial charge is 0.123 e. The van der Waals surface area contributed by atoms with Crippen LogP contribution in [0.1, 0.15) is 43.0 Å². The largest absolute Gasteiger partial charge is 0.303 e. The highest BCUT2D eigenvalue weighted by atomic mass is 19.1. The Labute approximate surface area is 124 Å². The number of nitrogens with one attached hydrogen (secondary N) is 1. The SMILES string of the molecule is CC(NC(c1ccc(F)cc1)C1CC1)c1cccc(F)c1. The maximum Gasteiger partial charge on any atom is 0.123 e. The average Bonchev–Trinajstić information content (AvgIpc) is 3.30. The lowest BCUT2D eigenvalue weighted by molar-refractivity contribution is 0.426. The van der Waals surface area contributed by atoms with Gasteiger partial charge in [0.15, 0.2) is 0 Å². The third-order valence-electron chi connectivity index (χ3n) is 4.10. The van der Waals surface area contributed by atoms with Gasteiger partial charge in [-0.3, -0.25) is 0 Å². The van der Waals surface area contributed by atoms with Gasteiger partial charge < -0.3 is 5.32 Å². The minimum absolute atomic E-state index is 0.0522. The van der Waals surface area contributed by atoms with Gasteiger partial charge in [-0.25, -0.2) is 8.78 Å². The molecule has 1 aliphatic rings. The summed E-state index contributed by atoms with van der Waals surface area (Å²) in [7, 11) is 0. The molecule has 110 valence electrons. The minimum atomic E-state index is -0.217. The average molecular weight is 287 g/mol. The molecular weight excluding hydrogens is 268 g/mol. The van der Waals surface area contributed by atoms with E-state index in [1.165, 1.54) is 31.0 Å². The Kier molecular flexibility index (Phi) is 4.02. The molecule has 0 heterocycles. The lowest BCUT2D eigenvalue weighted by Gasteiger charge is -2.24. The van der Waals surface area contributed by atoms with E-state index in [-0.39, 0.29) is 23.7 Å². The van der Waals surface area contributed by atoms with E-state index in [2.05, 4.69) is 5.32 Å². The molecule has 2 aromatic carbocycles. The van der Waals surface area contributed by atoms with Gasteiger partial charge in [0, 0.05) is 12.1 Å². The fourth-order valence-corrected chi connectivity index (χ4v) is 2.75. The number of benzene rings is 2. The van der Waals surface area contributed by atoms with Crippen molar-refractivity contribution >= 4 is 0 Å². The molecule has 21 heavy (non-hydrogen) atoms. The first-order valence-corrected chi connectivity index (χ1v) is 7.40. The van der Waals surface area contributed by atoms with Crippen molar-refractivity contribution in [3.8, 4) is 0 Å². The maximum atomic E-state index is 13.3. The second-order valence-electron chi connectivity index (χ2n) is 5.81. The monoisotopic (exact) mass is 287 g/mol. The Morgan fingerprint density at radius 2 is 1.67 bits per heavy atom. The quantitative estimate of drug-likeness (QED) is 0.835. The van der Waals surface area contributed by atoms with E-state index in [9.17, 15) is 8.78 Å². The molecule has 3 rings (SSSR count). The van der Waals surface area contributed by atoms with Gasteiger partial charge in [0.25, 0.3) is 0 Å². The Morgan fingerprint density at radius 1 is 0.952 bits per heavy atom. The highest BCUT2D eigenvalue weighted by Crippen LogP contribution is 2.42. The van der Waals surface area contributed by atoms with E-state index in [0.717, 1.165) is 11.1 Å². The summed E-state index contributed by atoms with van der Waals surface area (Å²) in [6.45, 7) is 2.04. The Balaban J connectivity index is 1.77. The van der Waals surface area contributed by atoms with E-state index in [4.69, 9.17) is 0 Å². The fraction of sp³-hybridized carbons (Fsp3) is 0.333. The highest BCUT2D eigenvalue weighted by molar-refractivity contribution is 5.24. The van der Waals surface area contributed by atoms with Crippen molar-refractivity contribution in [2.24, 2.45) is 5.92 Å². The summed E-state index contributed by atoms with van der Waals surface area (Å²) in [4.78, 5) is 0. The van der Waals surface area contributed by atoms with Gasteiger partial charge in [0.05, 0.1) is 0 Å². The van der Waals surface area contributed by atoms with Gasteiger partial charge in [-0.1, -0.05) is 24.3 Å². The van der Waals surface area contributed by atoms with Crippen molar-refractivity contribution < 1.29 is 8.78 Å². The zero-order valence-corrected chi connectivity index (χ0v) is 12.0. The summed E-state index contributed by atoms with van der Waals surface area (Å²) in [5.74, 6) is 0.156. The van der Waals surface area contributed by atoms with Crippen LogP contribution in [-0.4, -0.2) is 0 Å². The number of hydrogen-bond acceptors (Lipinski definition) is 1. The molecule has 1 fully saturated rings. The van der Waals surface area contributed by atoms with Crippen LogP contribution in [0.4, 0.5) is 8.78 Å². The minimum Gasteiger partial charge on any atom is -0.303 e. The van der Waals surface area contributed by atoms with Crippen LogP contribution in [-0.2, 0) is 0 Å². The molecule has 2 unspecified atom stereocenters. The van der Waals surface area contributed by atoms with Crippen LogP contribution < -0.4 is 5.32 Å². The molecule has 1 saturated carbocycles. The molecule has 1 N–H and O–H groups in total. The van der Waals surface area contributed by atoms with Gasteiger partial charge in [0.1, 0.15) is 11.6 Å². The van der Waals surface area contributed by atoms with Gasteiger partial charge >= 0.3 is 0 Å². The predicted molar refractivity (Wildman–Crippen MR) is 79.8 cm³/mol. The van der Waals surface area contributed by atoms with Crippen molar-refractivity contribution in [2.75, 3.05) is 0 Å². The predicted octanol–water partition coefficient (Wildman–Crippen LogP) is 4.77. The third kappa shape index (κ3) is 3.48. The van der Waals surface area contributed by atoms with E-state index in [0.29, 0.717) is 5.92 Å². The Bertz CT molecular complexity index is 605. The molecular formula is C18H19F2N. The lowest BCUT2D eigenvalue weighted by Crippen LogP contribution is -2.26. The Morgan fingerprint density at radius 3 is 2.29 bits per heavy atom. The summed E-state index contributed by atoms with van der Waals surface area (Å²) in [5.41, 5.74) is 2.03. The van der Waals surface area contributed by atoms with Crippen LogP contribution in [0.25, 0.3) is 0 Å². The summed E-state index contributed by atoms with van der Waals surface area (Å²) in [6, 6.07) is 13.6. The molecule has 2 atom stereocenters. The van der Waals surface area contributed by atoms with Gasteiger partial charge in [0.2, 0.25) is 0 Å². The van der Waals surface area contributed by atoms with Crippen LogP contribution in [0.5, 0.6) is 0 Å². The van der Waals surface area contributed by atoms with Crippen LogP contribution >= 0.6 is 0 Å². The second-order valence-corrected chi connectivity index (χ2v) is 5.81. The summed E-state index contributed by atoms with van der Waals surface area (Å²) < 4.78 is 26.4. The zero-order valence-electron chi connectivity index (χ0n) is 12.0. The van der Waals surface area contributed by atoms with Crippen LogP contribution in [0, 0.1) is 17.6 Å². The normalized spacial score (nSPS) is 17.5. The highest BCUT2D eigenvalue weighted by Gasteiger charge is 2.33. The first-order chi connectivity index (χ1) is 10.1. The maximum absolute atomic E-state index is 13.3. The van der Waals surface area contributed by atoms with Crippen molar-refractivity contribution in [1.29, 1.82) is 0 Å². The first-order valence-electron chi connectivity index (χ1n) is 7.40. The van der Waals surface area contributed by atoms with Gasteiger partial charge in [-0.2, -0.15) is 0 Å². The molecule has 0 amide bonds. The number of rotatable bonds is 5. The van der Waals surface area contributed by atoms with Crippen molar-refractivity contribution in [3.63, 3.8) is 0 Å². The van der Waals surface area contributed by atoms with E-state index >= 15 is 0 Å². The molecule has 3 heteroatoms. The number of hydrogen-bond donors (Lipinski definition) is 1. The van der Waals surface area contributed by atoms with Crippen molar-refractivity contribution in [1.82, 2.24) is 5.32 Å². The van der Waals surface area contributed by atoms with Crippen LogP contribution in [0.3, 0.4) is 0 Å². The standard InChI is InChI=1S/C18H19F2N/c1-12(15-3-2-4-17(20)11-15)21-18(13-5-6-13)14-7-9-16(19)10-8-14/h2-4,7-13,18,21H,5-6H2,1H3. The molecule has 2 aromatic rings. The number of halogens is 2. The van der Waals surface area contributed by atoms with Gasteiger partial charge in [-0.05, 0) is 61.1 Å². The zero-order chi connectivity index (χ0) is 14.8. The molecule has 0 bridgehead atoms. The van der Waals surface area contributed by atoms with E-state index < -0.39 is 0 Å². The van der Waals surface area contributed by atoms with Crippen LogP contribution in [0.2, 0.25) is 0 Å². The first kappa shape index (κ1) is 14.2. The topological polar surface area (TPSA) is 12.0 Å². The molecule has 0 spiro atoms. The van der Waals surface area contributed by atoms with E-state index in [1.54, 1.807) is 12.1 Å². The van der Waals surface area contributed by atoms with Crippen molar-refractivity contribution in [3.05, 3.63) is 71.3 Å². The molecule has 1 nitrogen and oxygen atoms in total. The van der Waals surface area contributed by atoms with Crippen molar-refractivity contribution in [2.45, 2.75) is 31.8 Å². The molecule has 1 aliphatic carbocycles. The van der Waals surface area contributed by atoms with Gasteiger partial charge in [-0.15, -0.1) is 0 Å². The van der Waals surface area contributed by atoms with Crippen LogP contribution in [0.15, 0.2) is 48.5 Å². The third-order valence-corrected chi connectivity index (χ3v) is 4.10. The summed E-state index contributed by atoms with van der Waals surface area (Å²) in [5, 5.41) is 3.57. The Hall–Kier alpha value is -1.74. The second kappa shape index (κ2) is 5.94. The summed E-state index contributed by atoms with van der Waals surface area (Å²) in [6.07, 6.45) is 2.37. The molecule has 0 aliphatic heterocycles. The fourth-order valence-electron chi connectivity index (χ4n) is 2.75.